The molecule has 1 saturated heterocycles. The van der Waals surface area contributed by atoms with Gasteiger partial charge in [-0.3, -0.25) is 9.59 Å². The fourth-order valence-corrected chi connectivity index (χ4v) is 5.44. The first kappa shape index (κ1) is 23.2. The Bertz CT molecular complexity index is 997. The summed E-state index contributed by atoms with van der Waals surface area (Å²) in [6.45, 7) is 1.23. The summed E-state index contributed by atoms with van der Waals surface area (Å²) >= 11 is 1.70. The minimum absolute atomic E-state index is 0.103. The van der Waals surface area contributed by atoms with Crippen molar-refractivity contribution in [2.75, 3.05) is 26.0 Å². The molecule has 1 fully saturated rings. The van der Waals surface area contributed by atoms with Crippen LogP contribution in [0, 0.1) is 0 Å². The normalized spacial score (nSPS) is 18.2. The molecule has 2 aromatic carbocycles. The molecule has 0 saturated carbocycles. The average molecular weight is 469 g/mol. The molecule has 4 rings (SSSR count). The fourth-order valence-electron chi connectivity index (χ4n) is 4.71. The van der Waals surface area contributed by atoms with E-state index in [1.54, 1.807) is 16.7 Å². The minimum Gasteiger partial charge on any atom is -0.481 e. The predicted molar refractivity (Wildman–Crippen MR) is 127 cm³/mol. The second kappa shape index (κ2) is 10.3. The minimum atomic E-state index is -1.15. The van der Waals surface area contributed by atoms with Crippen LogP contribution in [0.2, 0.25) is 0 Å². The first-order valence-corrected chi connectivity index (χ1v) is 12.4. The Hall–Kier alpha value is -3.00. The Kier molecular flexibility index (Phi) is 7.23. The van der Waals surface area contributed by atoms with Gasteiger partial charge in [-0.1, -0.05) is 48.5 Å². The lowest BCUT2D eigenvalue weighted by Gasteiger charge is -2.34. The van der Waals surface area contributed by atoms with Gasteiger partial charge in [0.15, 0.2) is 0 Å². The molecule has 174 valence electrons. The van der Waals surface area contributed by atoms with E-state index in [0.717, 1.165) is 35.1 Å². The highest BCUT2D eigenvalue weighted by atomic mass is 32.2. The van der Waals surface area contributed by atoms with Crippen molar-refractivity contribution in [3.8, 4) is 11.1 Å². The molecule has 8 heteroatoms. The number of hydrogen-bond acceptors (Lipinski definition) is 5. The van der Waals surface area contributed by atoms with Crippen LogP contribution in [-0.4, -0.2) is 65.2 Å². The highest BCUT2D eigenvalue weighted by molar-refractivity contribution is 7.99. The van der Waals surface area contributed by atoms with Gasteiger partial charge >= 0.3 is 12.1 Å². The Morgan fingerprint density at radius 3 is 2.36 bits per heavy atom. The van der Waals surface area contributed by atoms with Gasteiger partial charge in [0.1, 0.15) is 12.6 Å². The number of alkyl carbamates (subject to hydrolysis) is 1. The third kappa shape index (κ3) is 5.16. The lowest BCUT2D eigenvalue weighted by molar-refractivity contribution is -0.142. The number of fused-ring (bicyclic) bond motifs is 3. The van der Waals surface area contributed by atoms with E-state index in [1.165, 1.54) is 0 Å². The van der Waals surface area contributed by atoms with Crippen LogP contribution in [0.4, 0.5) is 4.79 Å². The maximum absolute atomic E-state index is 13.0. The van der Waals surface area contributed by atoms with Crippen molar-refractivity contribution >= 4 is 29.7 Å². The van der Waals surface area contributed by atoms with Crippen molar-refractivity contribution in [2.45, 2.75) is 36.5 Å². The lowest BCUT2D eigenvalue weighted by Crippen LogP contribution is -2.52. The van der Waals surface area contributed by atoms with Gasteiger partial charge in [-0.2, -0.15) is 11.8 Å². The van der Waals surface area contributed by atoms with E-state index in [-0.39, 0.29) is 18.4 Å². The van der Waals surface area contributed by atoms with Gasteiger partial charge < -0.3 is 20.1 Å². The summed E-state index contributed by atoms with van der Waals surface area (Å²) in [6, 6.07) is 14.9. The summed E-state index contributed by atoms with van der Waals surface area (Å²) in [5, 5.41) is 12.1. The number of thioether (sulfide) groups is 1. The first-order chi connectivity index (χ1) is 16.0. The van der Waals surface area contributed by atoms with Crippen molar-refractivity contribution in [1.29, 1.82) is 0 Å². The van der Waals surface area contributed by atoms with Crippen LogP contribution >= 0.6 is 11.8 Å². The summed E-state index contributed by atoms with van der Waals surface area (Å²) in [5.74, 6) is -1.63. The molecular weight excluding hydrogens is 440 g/mol. The topological polar surface area (TPSA) is 95.9 Å². The van der Waals surface area contributed by atoms with E-state index in [4.69, 9.17) is 4.74 Å². The van der Waals surface area contributed by atoms with Crippen LogP contribution in [0.15, 0.2) is 48.5 Å². The van der Waals surface area contributed by atoms with Gasteiger partial charge in [0.25, 0.3) is 0 Å². The predicted octanol–water partition coefficient (Wildman–Crippen LogP) is 3.72. The smallest absolute Gasteiger partial charge is 0.407 e. The highest BCUT2D eigenvalue weighted by Gasteiger charge is 2.33. The summed E-state index contributed by atoms with van der Waals surface area (Å²) in [5.41, 5.74) is 4.41. The number of amides is 2. The second-order valence-corrected chi connectivity index (χ2v) is 9.54. The zero-order valence-electron chi connectivity index (χ0n) is 18.5. The number of nitrogens with one attached hydrogen (secondary N) is 1. The van der Waals surface area contributed by atoms with Crippen LogP contribution in [0.25, 0.3) is 11.1 Å². The number of benzene rings is 2. The summed E-state index contributed by atoms with van der Waals surface area (Å²) in [6.07, 6.45) is 2.62. The Morgan fingerprint density at radius 2 is 1.76 bits per heavy atom. The average Bonchev–Trinajstić information content (AvgIpc) is 3.15. The molecule has 2 aromatic rings. The Labute approximate surface area is 197 Å². The van der Waals surface area contributed by atoms with Gasteiger partial charge in [0, 0.05) is 24.3 Å². The molecule has 2 N–H and O–H groups in total. The van der Waals surface area contributed by atoms with Gasteiger partial charge in [-0.25, -0.2) is 4.79 Å². The lowest BCUT2D eigenvalue weighted by atomic mass is 9.98. The molecule has 7 nitrogen and oxygen atoms in total. The molecule has 2 amide bonds. The number of rotatable bonds is 7. The maximum Gasteiger partial charge on any atom is 0.407 e. The second-order valence-electron chi connectivity index (χ2n) is 8.40. The van der Waals surface area contributed by atoms with E-state index in [2.05, 4.69) is 17.4 Å². The number of carboxylic acid groups (broad SMARTS) is 1. The molecule has 0 spiro atoms. The molecular formula is C25H28N2O5S. The quantitative estimate of drug-likeness (QED) is 0.643. The molecule has 0 radical (unpaired) electrons. The van der Waals surface area contributed by atoms with Gasteiger partial charge in [-0.15, -0.1) is 0 Å². The summed E-state index contributed by atoms with van der Waals surface area (Å²) < 4.78 is 5.51. The van der Waals surface area contributed by atoms with Crippen LogP contribution in [-0.2, 0) is 14.3 Å². The van der Waals surface area contributed by atoms with Crippen molar-refractivity contribution in [1.82, 2.24) is 10.2 Å². The molecule has 1 aliphatic carbocycles. The zero-order chi connectivity index (χ0) is 23.4. The van der Waals surface area contributed by atoms with E-state index in [1.807, 2.05) is 42.7 Å². The molecule has 2 unspecified atom stereocenters. The van der Waals surface area contributed by atoms with Crippen molar-refractivity contribution < 1.29 is 24.2 Å². The molecule has 1 heterocycles. The third-order valence-corrected chi connectivity index (χ3v) is 7.39. The van der Waals surface area contributed by atoms with Crippen LogP contribution in [0.5, 0.6) is 0 Å². The van der Waals surface area contributed by atoms with E-state index in [0.29, 0.717) is 18.3 Å². The number of piperidine rings is 1. The Balaban J connectivity index is 1.42. The largest absolute Gasteiger partial charge is 0.481 e. The zero-order valence-corrected chi connectivity index (χ0v) is 19.3. The monoisotopic (exact) mass is 468 g/mol. The molecule has 33 heavy (non-hydrogen) atoms. The number of nitrogens with zero attached hydrogens (tertiary/aromatic N) is 1. The van der Waals surface area contributed by atoms with Crippen LogP contribution < -0.4 is 5.32 Å². The standard InChI is InChI=1S/C25H28N2O5S/c1-33-16-7-6-12-27(14-16)24(30)22(13-23(28)29)26-25(31)32-15-21-19-10-4-2-8-17(19)18-9-3-5-11-20(18)21/h2-5,8-11,16,21-22H,6-7,12-15H2,1H3,(H,26,31)(H,28,29). The summed E-state index contributed by atoms with van der Waals surface area (Å²) in [7, 11) is 0. The van der Waals surface area contributed by atoms with E-state index >= 15 is 0 Å². The number of carboxylic acids is 1. The van der Waals surface area contributed by atoms with Crippen molar-refractivity contribution in [2.24, 2.45) is 0 Å². The summed E-state index contributed by atoms with van der Waals surface area (Å²) in [4.78, 5) is 38.7. The van der Waals surface area contributed by atoms with Gasteiger partial charge in [0.2, 0.25) is 5.91 Å². The van der Waals surface area contributed by atoms with Crippen molar-refractivity contribution in [3.05, 3.63) is 59.7 Å². The maximum atomic E-state index is 13.0. The van der Waals surface area contributed by atoms with Gasteiger partial charge in [-0.05, 0) is 41.4 Å². The third-order valence-electron chi connectivity index (χ3n) is 6.34. The molecule has 1 aliphatic heterocycles. The molecule has 0 bridgehead atoms. The Morgan fingerprint density at radius 1 is 1.12 bits per heavy atom. The van der Waals surface area contributed by atoms with E-state index < -0.39 is 24.5 Å². The fraction of sp³-hybridized carbons (Fsp3) is 0.400. The SMILES string of the molecule is CSC1CCCN(C(=O)C(CC(=O)O)NC(=O)OCC2c3ccccc3-c3ccccc32)C1. The van der Waals surface area contributed by atoms with Crippen LogP contribution in [0.3, 0.4) is 0 Å². The molecule has 2 aliphatic rings. The van der Waals surface area contributed by atoms with Crippen molar-refractivity contribution in [3.63, 3.8) is 0 Å². The van der Waals surface area contributed by atoms with E-state index in [9.17, 15) is 19.5 Å². The van der Waals surface area contributed by atoms with Crippen LogP contribution in [0.1, 0.15) is 36.3 Å². The number of ether oxygens (including phenoxy) is 1. The number of carbonyl (C=O) groups is 3. The first-order valence-electron chi connectivity index (χ1n) is 11.1. The number of likely N-dealkylation sites (tertiary alicyclic amines) is 1. The van der Waals surface area contributed by atoms with Gasteiger partial charge in [0.05, 0.1) is 6.42 Å². The molecule has 0 aromatic heterocycles. The molecule has 2 atom stereocenters. The number of aliphatic carboxylic acids is 1. The highest BCUT2D eigenvalue weighted by Crippen LogP contribution is 2.44. The number of hydrogen-bond donors (Lipinski definition) is 2. The number of carbonyl (C=O) groups excluding carboxylic acids is 2.